The Bertz CT molecular complexity index is 991. The molecule has 0 saturated carbocycles. The Hall–Kier alpha value is -3.42. The van der Waals surface area contributed by atoms with Gasteiger partial charge in [0.1, 0.15) is 5.82 Å². The number of rotatable bonds is 3. The number of amides is 2. The molecule has 0 aliphatic carbocycles. The van der Waals surface area contributed by atoms with E-state index < -0.39 is 5.82 Å². The lowest BCUT2D eigenvalue weighted by molar-refractivity contribution is 0.208. The molecule has 7 nitrogen and oxygen atoms in total. The molecule has 1 aromatic heterocycles. The number of methoxy groups -OCH3 is 1. The molecule has 0 radical (unpaired) electrons. The summed E-state index contributed by atoms with van der Waals surface area (Å²) in [7, 11) is 1.45. The van der Waals surface area contributed by atoms with Crippen molar-refractivity contribution in [3.8, 4) is 5.88 Å². The van der Waals surface area contributed by atoms with Crippen molar-refractivity contribution >= 4 is 28.6 Å². The number of hydrogen-bond acceptors (Lipinski definition) is 5. The zero-order valence-corrected chi connectivity index (χ0v) is 15.4. The number of hydrogen-bond donors (Lipinski definition) is 1. The fourth-order valence-corrected chi connectivity index (χ4v) is 3.22. The highest BCUT2D eigenvalue weighted by molar-refractivity contribution is 5.91. The molecule has 0 atom stereocenters. The highest BCUT2D eigenvalue weighted by atomic mass is 19.1. The summed E-state index contributed by atoms with van der Waals surface area (Å²) in [6.07, 6.45) is 0. The number of carbonyl (C=O) groups is 1. The highest BCUT2D eigenvalue weighted by Gasteiger charge is 2.23. The van der Waals surface area contributed by atoms with Gasteiger partial charge in [-0.1, -0.05) is 18.2 Å². The molecule has 0 spiro atoms. The molecule has 3 aromatic rings. The first-order chi connectivity index (χ1) is 13.6. The lowest BCUT2D eigenvalue weighted by Crippen LogP contribution is -2.50. The van der Waals surface area contributed by atoms with Crippen molar-refractivity contribution < 1.29 is 13.9 Å². The number of carbonyl (C=O) groups excluding carboxylic acids is 1. The van der Waals surface area contributed by atoms with Crippen molar-refractivity contribution in [1.29, 1.82) is 0 Å². The van der Waals surface area contributed by atoms with Crippen LogP contribution in [0.1, 0.15) is 0 Å². The van der Waals surface area contributed by atoms with Gasteiger partial charge in [0, 0.05) is 37.9 Å². The normalized spacial score (nSPS) is 14.2. The van der Waals surface area contributed by atoms with E-state index in [2.05, 4.69) is 32.3 Å². The minimum atomic E-state index is -0.415. The van der Waals surface area contributed by atoms with Gasteiger partial charge in [0.25, 0.3) is 5.88 Å². The average Bonchev–Trinajstić information content (AvgIpc) is 2.74. The first-order valence-electron chi connectivity index (χ1n) is 9.01. The molecule has 4 rings (SSSR count). The maximum absolute atomic E-state index is 13.5. The smallest absolute Gasteiger partial charge is 0.323 e. The van der Waals surface area contributed by atoms with Gasteiger partial charge in [-0.05, 0) is 24.3 Å². The van der Waals surface area contributed by atoms with Crippen LogP contribution in [0.4, 0.5) is 20.7 Å². The van der Waals surface area contributed by atoms with Gasteiger partial charge in [-0.3, -0.25) is 5.32 Å². The predicted octanol–water partition coefficient (Wildman–Crippen LogP) is 3.13. The van der Waals surface area contributed by atoms with Crippen LogP contribution in [0.2, 0.25) is 0 Å². The zero-order chi connectivity index (χ0) is 19.5. The standard InChI is InChI=1S/C20H20FN5O2/c1-28-19-18(22-17-13-14(21)7-8-16(17)23-19)24-20(27)26-11-9-25(10-12-26)15-5-3-2-4-6-15/h2-8,13H,9-12H2,1H3,(H,22,24,27). The number of benzene rings is 2. The van der Waals surface area contributed by atoms with E-state index in [9.17, 15) is 9.18 Å². The lowest BCUT2D eigenvalue weighted by atomic mass is 10.2. The molecule has 2 heterocycles. The van der Waals surface area contributed by atoms with Crippen LogP contribution in [0, 0.1) is 5.82 Å². The number of fused-ring (bicyclic) bond motifs is 1. The molecule has 0 bridgehead atoms. The summed E-state index contributed by atoms with van der Waals surface area (Å²) in [4.78, 5) is 25.2. The Labute approximate surface area is 161 Å². The van der Waals surface area contributed by atoms with Crippen molar-refractivity contribution in [3.63, 3.8) is 0 Å². The third-order valence-corrected chi connectivity index (χ3v) is 4.70. The summed E-state index contributed by atoms with van der Waals surface area (Å²) in [6.45, 7) is 2.64. The summed E-state index contributed by atoms with van der Waals surface area (Å²) in [5.41, 5.74) is 1.99. The Morgan fingerprint density at radius 1 is 1.04 bits per heavy atom. The highest BCUT2D eigenvalue weighted by Crippen LogP contribution is 2.24. The van der Waals surface area contributed by atoms with Gasteiger partial charge in [-0.25, -0.2) is 19.2 Å². The summed E-state index contributed by atoms with van der Waals surface area (Å²) in [5.74, 6) is -0.0484. The van der Waals surface area contributed by atoms with Crippen molar-refractivity contribution in [1.82, 2.24) is 14.9 Å². The van der Waals surface area contributed by atoms with Gasteiger partial charge in [0.15, 0.2) is 5.82 Å². The van der Waals surface area contributed by atoms with Gasteiger partial charge in [-0.2, -0.15) is 0 Å². The number of urea groups is 1. The van der Waals surface area contributed by atoms with Crippen LogP contribution in [-0.4, -0.2) is 54.2 Å². The van der Waals surface area contributed by atoms with Crippen molar-refractivity contribution in [3.05, 3.63) is 54.3 Å². The minimum absolute atomic E-state index is 0.177. The van der Waals surface area contributed by atoms with Gasteiger partial charge in [0.2, 0.25) is 0 Å². The van der Waals surface area contributed by atoms with Crippen LogP contribution in [0.3, 0.4) is 0 Å². The summed E-state index contributed by atoms with van der Waals surface area (Å²) >= 11 is 0. The fraction of sp³-hybridized carbons (Fsp3) is 0.250. The number of piperazine rings is 1. The second-order valence-electron chi connectivity index (χ2n) is 6.45. The number of para-hydroxylation sites is 1. The Morgan fingerprint density at radius 2 is 1.79 bits per heavy atom. The van der Waals surface area contributed by atoms with E-state index >= 15 is 0 Å². The van der Waals surface area contributed by atoms with Crippen LogP contribution in [0.5, 0.6) is 5.88 Å². The summed E-state index contributed by atoms with van der Waals surface area (Å²) < 4.78 is 18.7. The lowest BCUT2D eigenvalue weighted by Gasteiger charge is -2.36. The molecule has 0 unspecified atom stereocenters. The van der Waals surface area contributed by atoms with E-state index in [1.807, 2.05) is 18.2 Å². The number of ether oxygens (including phenoxy) is 1. The van der Waals surface area contributed by atoms with Gasteiger partial charge >= 0.3 is 6.03 Å². The van der Waals surface area contributed by atoms with Gasteiger partial charge < -0.3 is 14.5 Å². The van der Waals surface area contributed by atoms with E-state index in [1.165, 1.54) is 25.3 Å². The molecular weight excluding hydrogens is 361 g/mol. The Kier molecular flexibility index (Phi) is 4.92. The average molecular weight is 381 g/mol. The van der Waals surface area contributed by atoms with E-state index in [0.717, 1.165) is 18.8 Å². The quantitative estimate of drug-likeness (QED) is 0.755. The minimum Gasteiger partial charge on any atom is -0.478 e. The van der Waals surface area contributed by atoms with Crippen LogP contribution in [0.25, 0.3) is 11.0 Å². The maximum Gasteiger partial charge on any atom is 0.323 e. The van der Waals surface area contributed by atoms with Crippen LogP contribution in [-0.2, 0) is 0 Å². The van der Waals surface area contributed by atoms with Crippen LogP contribution < -0.4 is 15.0 Å². The Morgan fingerprint density at radius 3 is 2.50 bits per heavy atom. The molecule has 1 saturated heterocycles. The Balaban J connectivity index is 1.46. The van der Waals surface area contributed by atoms with Crippen molar-refractivity contribution in [2.45, 2.75) is 0 Å². The summed E-state index contributed by atoms with van der Waals surface area (Å²) in [5, 5.41) is 2.74. The van der Waals surface area contributed by atoms with E-state index in [-0.39, 0.29) is 17.7 Å². The van der Waals surface area contributed by atoms with Crippen molar-refractivity contribution in [2.24, 2.45) is 0 Å². The third kappa shape index (κ3) is 3.66. The first kappa shape index (κ1) is 18.0. The molecule has 8 heteroatoms. The molecule has 1 N–H and O–H groups in total. The van der Waals surface area contributed by atoms with E-state index in [0.29, 0.717) is 24.1 Å². The van der Waals surface area contributed by atoms with E-state index in [4.69, 9.17) is 4.74 Å². The van der Waals surface area contributed by atoms with E-state index in [1.54, 1.807) is 4.90 Å². The maximum atomic E-state index is 13.5. The number of halogens is 1. The molecule has 144 valence electrons. The molecule has 2 amide bonds. The molecule has 1 aliphatic heterocycles. The number of nitrogens with zero attached hydrogens (tertiary/aromatic N) is 4. The number of anilines is 2. The van der Waals surface area contributed by atoms with Gasteiger partial charge in [-0.15, -0.1) is 0 Å². The molecule has 1 fully saturated rings. The molecular formula is C20H20FN5O2. The molecule has 2 aromatic carbocycles. The number of aromatic nitrogens is 2. The predicted molar refractivity (Wildman–Crippen MR) is 105 cm³/mol. The largest absolute Gasteiger partial charge is 0.478 e. The number of nitrogens with one attached hydrogen (secondary N) is 1. The monoisotopic (exact) mass is 381 g/mol. The molecule has 1 aliphatic rings. The fourth-order valence-electron chi connectivity index (χ4n) is 3.22. The SMILES string of the molecule is COc1nc2ccc(F)cc2nc1NC(=O)N1CCN(c2ccccc2)CC1. The second kappa shape index (κ2) is 7.67. The van der Waals surface area contributed by atoms with Crippen LogP contribution in [0.15, 0.2) is 48.5 Å². The summed E-state index contributed by atoms with van der Waals surface area (Å²) in [6, 6.07) is 13.9. The topological polar surface area (TPSA) is 70.6 Å². The van der Waals surface area contributed by atoms with Crippen LogP contribution >= 0.6 is 0 Å². The zero-order valence-electron chi connectivity index (χ0n) is 15.4. The third-order valence-electron chi connectivity index (χ3n) is 4.70. The van der Waals surface area contributed by atoms with Gasteiger partial charge in [0.05, 0.1) is 18.1 Å². The first-order valence-corrected chi connectivity index (χ1v) is 9.01. The second-order valence-corrected chi connectivity index (χ2v) is 6.45. The molecule has 28 heavy (non-hydrogen) atoms. The van der Waals surface area contributed by atoms with Crippen molar-refractivity contribution in [2.75, 3.05) is 43.5 Å².